The fraction of sp³-hybridized carbons (Fsp3) is 0. The molecule has 0 spiro atoms. The summed E-state index contributed by atoms with van der Waals surface area (Å²) < 4.78 is 0.444. The van der Waals surface area contributed by atoms with Crippen LogP contribution in [0.3, 0.4) is 0 Å². The summed E-state index contributed by atoms with van der Waals surface area (Å²) in [5.74, 6) is 0. The van der Waals surface area contributed by atoms with E-state index in [1.54, 1.807) is 12.1 Å². The third-order valence-electron chi connectivity index (χ3n) is 0.389. The quantitative estimate of drug-likeness (QED) is 0.604. The Labute approximate surface area is 63.7 Å². The van der Waals surface area contributed by atoms with E-state index in [2.05, 4.69) is 31.9 Å². The van der Waals surface area contributed by atoms with Crippen molar-refractivity contribution in [2.45, 2.75) is 0 Å². The zero-order chi connectivity index (χ0) is 6.57. The van der Waals surface area contributed by atoms with Crippen molar-refractivity contribution in [1.29, 1.82) is 10.5 Å². The summed E-state index contributed by atoms with van der Waals surface area (Å²) in [6.07, 6.45) is 0. The molecule has 0 aromatic carbocycles. The molecule has 2 nitrogen and oxygen atoms in total. The van der Waals surface area contributed by atoms with Crippen molar-refractivity contribution in [3.8, 4) is 12.1 Å². The number of rotatable bonds is 0. The van der Waals surface area contributed by atoms with Crippen molar-refractivity contribution >= 4 is 31.9 Å². The molecule has 0 amide bonds. The highest BCUT2D eigenvalue weighted by Gasteiger charge is 1.94. The van der Waals surface area contributed by atoms with E-state index in [-0.39, 0.29) is 8.96 Å². The van der Waals surface area contributed by atoms with Gasteiger partial charge in [0.15, 0.2) is 0 Å². The van der Waals surface area contributed by atoms with Crippen LogP contribution in [-0.4, -0.2) is 0 Å². The zero-order valence-electron chi connectivity index (χ0n) is 3.65. The van der Waals surface area contributed by atoms with Crippen molar-refractivity contribution < 1.29 is 0 Å². The minimum absolute atomic E-state index is 0.222. The van der Waals surface area contributed by atoms with Gasteiger partial charge in [-0.15, -0.1) is 0 Å². The molecule has 0 aromatic heterocycles. The average molecular weight is 236 g/mol. The smallest absolute Gasteiger partial charge is 0.120 e. The van der Waals surface area contributed by atoms with Gasteiger partial charge in [0.05, 0.1) is 0 Å². The van der Waals surface area contributed by atoms with Crippen molar-refractivity contribution in [3.05, 3.63) is 8.96 Å². The standard InChI is InChI=1S/C4Br2N2/c5-3(1-7)4(6)2-8. The largest absolute Gasteiger partial charge is 0.192 e. The number of hydrogen-bond acceptors (Lipinski definition) is 2. The van der Waals surface area contributed by atoms with Crippen LogP contribution in [0.5, 0.6) is 0 Å². The Kier molecular flexibility index (Phi) is 3.51. The van der Waals surface area contributed by atoms with Crippen LogP contribution in [0.25, 0.3) is 0 Å². The first-order valence-corrected chi connectivity index (χ1v) is 3.16. The van der Waals surface area contributed by atoms with Gasteiger partial charge in [-0.25, -0.2) is 0 Å². The van der Waals surface area contributed by atoms with Crippen LogP contribution in [0.1, 0.15) is 0 Å². The maximum absolute atomic E-state index is 8.10. The summed E-state index contributed by atoms with van der Waals surface area (Å²) in [5, 5.41) is 16.2. The van der Waals surface area contributed by atoms with E-state index in [9.17, 15) is 0 Å². The molecule has 40 valence electrons. The van der Waals surface area contributed by atoms with Gasteiger partial charge in [0.1, 0.15) is 21.1 Å². The molecule has 0 unspecified atom stereocenters. The molecule has 0 heterocycles. The van der Waals surface area contributed by atoms with E-state index in [0.29, 0.717) is 0 Å². The third-order valence-corrected chi connectivity index (χ3v) is 2.07. The van der Waals surface area contributed by atoms with E-state index >= 15 is 0 Å². The summed E-state index contributed by atoms with van der Waals surface area (Å²) in [6, 6.07) is 3.49. The molecule has 0 radical (unpaired) electrons. The fourth-order valence-electron chi connectivity index (χ4n) is 0.0982. The van der Waals surface area contributed by atoms with Gasteiger partial charge in [0.2, 0.25) is 0 Å². The summed E-state index contributed by atoms with van der Waals surface area (Å²) in [4.78, 5) is 0. The Morgan fingerprint density at radius 3 is 1.38 bits per heavy atom. The van der Waals surface area contributed by atoms with Crippen molar-refractivity contribution in [1.82, 2.24) is 0 Å². The van der Waals surface area contributed by atoms with Gasteiger partial charge in [0, 0.05) is 0 Å². The molecule has 0 fully saturated rings. The summed E-state index contributed by atoms with van der Waals surface area (Å²) in [5.41, 5.74) is 0. The molecule has 0 aliphatic heterocycles. The van der Waals surface area contributed by atoms with Crippen LogP contribution < -0.4 is 0 Å². The molecule has 8 heavy (non-hydrogen) atoms. The lowest BCUT2D eigenvalue weighted by Gasteiger charge is -1.77. The molecular weight excluding hydrogens is 236 g/mol. The van der Waals surface area contributed by atoms with E-state index in [1.807, 2.05) is 0 Å². The molecule has 0 saturated carbocycles. The van der Waals surface area contributed by atoms with Gasteiger partial charge >= 0.3 is 0 Å². The molecule has 0 atom stereocenters. The Balaban J connectivity index is 4.41. The predicted octanol–water partition coefficient (Wildman–Crippen LogP) is 2.03. The molecule has 0 aromatic rings. The number of halogens is 2. The highest BCUT2D eigenvalue weighted by atomic mass is 79.9. The fourth-order valence-corrected chi connectivity index (χ4v) is 0.275. The summed E-state index contributed by atoms with van der Waals surface area (Å²) in [7, 11) is 0. The van der Waals surface area contributed by atoms with Crippen molar-refractivity contribution in [2.75, 3.05) is 0 Å². The Morgan fingerprint density at radius 2 is 1.25 bits per heavy atom. The maximum Gasteiger partial charge on any atom is 0.120 e. The monoisotopic (exact) mass is 234 g/mol. The number of nitrogens with zero attached hydrogens (tertiary/aromatic N) is 2. The van der Waals surface area contributed by atoms with Gasteiger partial charge in [-0.05, 0) is 31.9 Å². The lowest BCUT2D eigenvalue weighted by Crippen LogP contribution is -1.64. The maximum atomic E-state index is 8.10. The van der Waals surface area contributed by atoms with Crippen molar-refractivity contribution in [3.63, 3.8) is 0 Å². The average Bonchev–Trinajstić information content (AvgIpc) is 1.84. The Bertz CT molecular complexity index is 171. The topological polar surface area (TPSA) is 47.6 Å². The van der Waals surface area contributed by atoms with Crippen LogP contribution >= 0.6 is 31.9 Å². The van der Waals surface area contributed by atoms with Gasteiger partial charge < -0.3 is 0 Å². The molecular formula is C4Br2N2. The van der Waals surface area contributed by atoms with Crippen LogP contribution in [0, 0.1) is 22.7 Å². The van der Waals surface area contributed by atoms with Gasteiger partial charge in [0.25, 0.3) is 0 Å². The highest BCUT2D eigenvalue weighted by Crippen LogP contribution is 2.14. The molecule has 0 bridgehead atoms. The SMILES string of the molecule is N#CC(Br)=C(Br)C#N. The predicted molar refractivity (Wildman–Crippen MR) is 36.1 cm³/mol. The first kappa shape index (κ1) is 7.68. The summed E-state index contributed by atoms with van der Waals surface area (Å²) in [6.45, 7) is 0. The van der Waals surface area contributed by atoms with Crippen LogP contribution in [-0.2, 0) is 0 Å². The molecule has 0 saturated heterocycles. The number of hydrogen-bond donors (Lipinski definition) is 0. The first-order chi connectivity index (χ1) is 3.72. The second-order valence-corrected chi connectivity index (χ2v) is 2.44. The lowest BCUT2D eigenvalue weighted by molar-refractivity contribution is 1.51. The third kappa shape index (κ3) is 2.11. The zero-order valence-corrected chi connectivity index (χ0v) is 6.82. The van der Waals surface area contributed by atoms with E-state index in [1.165, 1.54) is 0 Å². The normalized spacial score (nSPS) is 11.0. The number of allylic oxidation sites excluding steroid dienone is 2. The minimum atomic E-state index is 0.222. The molecule has 0 aliphatic rings. The Morgan fingerprint density at radius 1 is 1.00 bits per heavy atom. The van der Waals surface area contributed by atoms with Crippen LogP contribution in [0.4, 0.5) is 0 Å². The minimum Gasteiger partial charge on any atom is -0.192 e. The van der Waals surface area contributed by atoms with E-state index < -0.39 is 0 Å². The van der Waals surface area contributed by atoms with E-state index in [4.69, 9.17) is 10.5 Å². The molecule has 4 heteroatoms. The van der Waals surface area contributed by atoms with Crippen molar-refractivity contribution in [2.24, 2.45) is 0 Å². The van der Waals surface area contributed by atoms with Gasteiger partial charge in [-0.3, -0.25) is 0 Å². The summed E-state index contributed by atoms with van der Waals surface area (Å²) >= 11 is 5.70. The van der Waals surface area contributed by atoms with E-state index in [0.717, 1.165) is 0 Å². The second-order valence-electron chi connectivity index (χ2n) is 0.852. The highest BCUT2D eigenvalue weighted by molar-refractivity contribution is 9.14. The van der Waals surface area contributed by atoms with Crippen LogP contribution in [0.15, 0.2) is 8.96 Å². The lowest BCUT2D eigenvalue weighted by atomic mass is 10.6. The van der Waals surface area contributed by atoms with Gasteiger partial charge in [-0.1, -0.05) is 0 Å². The second kappa shape index (κ2) is 3.65. The molecule has 0 N–H and O–H groups in total. The van der Waals surface area contributed by atoms with Gasteiger partial charge in [-0.2, -0.15) is 10.5 Å². The molecule has 0 aliphatic carbocycles. The Hall–Kier alpha value is -0.320. The van der Waals surface area contributed by atoms with Crippen LogP contribution in [0.2, 0.25) is 0 Å². The number of nitriles is 2. The first-order valence-electron chi connectivity index (χ1n) is 1.58. The molecule has 0 rings (SSSR count).